The predicted molar refractivity (Wildman–Crippen MR) is 102 cm³/mol. The summed E-state index contributed by atoms with van der Waals surface area (Å²) in [6.45, 7) is 1.36. The maximum atomic E-state index is 12.6. The lowest BCUT2D eigenvalue weighted by atomic mass is 10.2. The van der Waals surface area contributed by atoms with Gasteiger partial charge in [-0.1, -0.05) is 11.6 Å². The van der Waals surface area contributed by atoms with Gasteiger partial charge in [0.25, 0.3) is 5.91 Å². The lowest BCUT2D eigenvalue weighted by molar-refractivity contribution is 0.102. The Kier molecular flexibility index (Phi) is 7.50. The van der Waals surface area contributed by atoms with Gasteiger partial charge in [-0.25, -0.2) is 4.98 Å². The molecule has 2 rings (SSSR count). The molecule has 1 heterocycles. The van der Waals surface area contributed by atoms with Gasteiger partial charge in [0.2, 0.25) is 0 Å². The lowest BCUT2D eigenvalue weighted by Crippen LogP contribution is -2.14. The molecule has 1 amide bonds. The molecule has 0 aliphatic heterocycles. The molecule has 2 N–H and O–H groups in total. The van der Waals surface area contributed by atoms with Crippen LogP contribution in [0.3, 0.4) is 0 Å². The van der Waals surface area contributed by atoms with Gasteiger partial charge in [-0.3, -0.25) is 4.79 Å². The van der Waals surface area contributed by atoms with Crippen LogP contribution in [0.5, 0.6) is 11.5 Å². The van der Waals surface area contributed by atoms with Gasteiger partial charge >= 0.3 is 0 Å². The van der Waals surface area contributed by atoms with Crippen molar-refractivity contribution in [1.82, 2.24) is 4.98 Å². The van der Waals surface area contributed by atoms with E-state index in [-0.39, 0.29) is 5.91 Å². The molecule has 8 heteroatoms. The molecule has 1 aromatic heterocycles. The molecule has 0 saturated carbocycles. The van der Waals surface area contributed by atoms with Crippen molar-refractivity contribution < 1.29 is 19.0 Å². The van der Waals surface area contributed by atoms with Crippen LogP contribution in [0.2, 0.25) is 5.02 Å². The highest BCUT2D eigenvalue weighted by Gasteiger charge is 2.14. The van der Waals surface area contributed by atoms with E-state index in [4.69, 9.17) is 25.8 Å². The number of halogens is 1. The minimum Gasteiger partial charge on any atom is -0.495 e. The summed E-state index contributed by atoms with van der Waals surface area (Å²) in [6.07, 6.45) is 2.42. The van der Waals surface area contributed by atoms with Crippen molar-refractivity contribution in [2.75, 3.05) is 45.1 Å². The molecule has 0 radical (unpaired) electrons. The Morgan fingerprint density at radius 1 is 1.15 bits per heavy atom. The molecule has 0 atom stereocenters. The molecule has 0 unspecified atom stereocenters. The van der Waals surface area contributed by atoms with Crippen LogP contribution >= 0.6 is 11.6 Å². The molecule has 0 fully saturated rings. The molecule has 0 aliphatic carbocycles. The van der Waals surface area contributed by atoms with Crippen molar-refractivity contribution in [3.05, 3.63) is 41.0 Å². The van der Waals surface area contributed by atoms with Crippen molar-refractivity contribution in [1.29, 1.82) is 0 Å². The third-order valence-corrected chi connectivity index (χ3v) is 3.87. The number of benzene rings is 1. The number of hydrogen-bond donors (Lipinski definition) is 2. The van der Waals surface area contributed by atoms with Crippen LogP contribution in [-0.4, -0.2) is 45.4 Å². The Balaban J connectivity index is 2.12. The van der Waals surface area contributed by atoms with Gasteiger partial charge in [-0.15, -0.1) is 0 Å². The first-order chi connectivity index (χ1) is 12.6. The van der Waals surface area contributed by atoms with Crippen LogP contribution in [-0.2, 0) is 4.74 Å². The SMILES string of the molecule is COCCCNc1cc(C(=O)Nc2cc(OC)c(Cl)cc2OC)ccn1. The van der Waals surface area contributed by atoms with Crippen molar-refractivity contribution in [3.8, 4) is 11.5 Å². The summed E-state index contributed by atoms with van der Waals surface area (Å²) in [5.74, 6) is 1.21. The second-order valence-corrected chi connectivity index (χ2v) is 5.75. The number of carbonyl (C=O) groups excluding carboxylic acids is 1. The fourth-order valence-corrected chi connectivity index (χ4v) is 2.48. The molecule has 1 aromatic carbocycles. The standard InChI is InChI=1S/C18H22ClN3O4/c1-24-8-4-6-20-17-9-12(5-7-21-17)18(23)22-14-11-15(25-2)13(19)10-16(14)26-3/h5,7,9-11H,4,6,8H2,1-3H3,(H,20,21)(H,22,23). The van der Waals surface area contributed by atoms with Gasteiger partial charge in [0.15, 0.2) is 0 Å². The quantitative estimate of drug-likeness (QED) is 0.649. The van der Waals surface area contributed by atoms with Gasteiger partial charge in [0.05, 0.1) is 24.9 Å². The summed E-state index contributed by atoms with van der Waals surface area (Å²) in [5, 5.41) is 6.36. The molecule has 7 nitrogen and oxygen atoms in total. The highest BCUT2D eigenvalue weighted by Crippen LogP contribution is 2.36. The summed E-state index contributed by atoms with van der Waals surface area (Å²) < 4.78 is 15.5. The number of anilines is 2. The summed E-state index contributed by atoms with van der Waals surface area (Å²) in [5.41, 5.74) is 0.926. The van der Waals surface area contributed by atoms with Gasteiger partial charge < -0.3 is 24.8 Å². The lowest BCUT2D eigenvalue weighted by Gasteiger charge is -2.13. The van der Waals surface area contributed by atoms with E-state index in [0.29, 0.717) is 46.7 Å². The number of rotatable bonds is 9. The molecule has 140 valence electrons. The van der Waals surface area contributed by atoms with Crippen LogP contribution in [0.15, 0.2) is 30.5 Å². The van der Waals surface area contributed by atoms with Crippen LogP contribution in [0.25, 0.3) is 0 Å². The Hall–Kier alpha value is -2.51. The minimum absolute atomic E-state index is 0.296. The largest absolute Gasteiger partial charge is 0.495 e. The van der Waals surface area contributed by atoms with Crippen LogP contribution in [0, 0.1) is 0 Å². The van der Waals surface area contributed by atoms with E-state index in [1.807, 2.05) is 0 Å². The number of nitrogens with one attached hydrogen (secondary N) is 2. The zero-order valence-corrected chi connectivity index (χ0v) is 15.7. The zero-order valence-electron chi connectivity index (χ0n) is 15.0. The number of aromatic nitrogens is 1. The summed E-state index contributed by atoms with van der Waals surface area (Å²) in [7, 11) is 4.66. The highest BCUT2D eigenvalue weighted by molar-refractivity contribution is 6.32. The molecule has 0 bridgehead atoms. The number of hydrogen-bond acceptors (Lipinski definition) is 6. The van der Waals surface area contributed by atoms with Gasteiger partial charge in [0, 0.05) is 44.2 Å². The summed E-state index contributed by atoms with van der Waals surface area (Å²) >= 11 is 6.08. The van der Waals surface area contributed by atoms with E-state index in [1.165, 1.54) is 14.2 Å². The Bertz CT molecular complexity index is 755. The molecular formula is C18H22ClN3O4. The average molecular weight is 380 g/mol. The highest BCUT2D eigenvalue weighted by atomic mass is 35.5. The Morgan fingerprint density at radius 3 is 2.62 bits per heavy atom. The summed E-state index contributed by atoms with van der Waals surface area (Å²) in [4.78, 5) is 16.8. The fraction of sp³-hybridized carbons (Fsp3) is 0.333. The number of nitrogens with zero attached hydrogens (tertiary/aromatic N) is 1. The first-order valence-electron chi connectivity index (χ1n) is 8.00. The van der Waals surface area contributed by atoms with Crippen LogP contribution < -0.4 is 20.1 Å². The number of amides is 1. The van der Waals surface area contributed by atoms with E-state index < -0.39 is 0 Å². The van der Waals surface area contributed by atoms with Crippen molar-refractivity contribution >= 4 is 29.0 Å². The molecule has 0 saturated heterocycles. The third kappa shape index (κ3) is 5.24. The molecule has 0 aliphatic rings. The second-order valence-electron chi connectivity index (χ2n) is 5.34. The smallest absolute Gasteiger partial charge is 0.255 e. The van der Waals surface area contributed by atoms with Crippen molar-refractivity contribution in [2.45, 2.75) is 6.42 Å². The maximum absolute atomic E-state index is 12.6. The maximum Gasteiger partial charge on any atom is 0.255 e. The van der Waals surface area contributed by atoms with E-state index in [2.05, 4.69) is 15.6 Å². The second kappa shape index (κ2) is 9.84. The number of pyridine rings is 1. The van der Waals surface area contributed by atoms with Gasteiger partial charge in [-0.05, 0) is 18.6 Å². The molecular weight excluding hydrogens is 358 g/mol. The minimum atomic E-state index is -0.296. The van der Waals surface area contributed by atoms with Gasteiger partial charge in [-0.2, -0.15) is 0 Å². The normalized spacial score (nSPS) is 10.3. The van der Waals surface area contributed by atoms with Gasteiger partial charge in [0.1, 0.15) is 17.3 Å². The number of ether oxygens (including phenoxy) is 3. The van der Waals surface area contributed by atoms with Crippen molar-refractivity contribution in [2.24, 2.45) is 0 Å². The van der Waals surface area contributed by atoms with E-state index >= 15 is 0 Å². The zero-order chi connectivity index (χ0) is 18.9. The molecule has 26 heavy (non-hydrogen) atoms. The number of methoxy groups -OCH3 is 3. The average Bonchev–Trinajstić information content (AvgIpc) is 2.66. The number of carbonyl (C=O) groups is 1. The van der Waals surface area contributed by atoms with Crippen LogP contribution in [0.4, 0.5) is 11.5 Å². The van der Waals surface area contributed by atoms with Crippen molar-refractivity contribution in [3.63, 3.8) is 0 Å². The molecule has 2 aromatic rings. The topological polar surface area (TPSA) is 81.7 Å². The van der Waals surface area contributed by atoms with E-state index in [9.17, 15) is 4.79 Å². The van der Waals surface area contributed by atoms with E-state index in [0.717, 1.165) is 6.42 Å². The Labute approximate surface area is 157 Å². The van der Waals surface area contributed by atoms with E-state index in [1.54, 1.807) is 37.6 Å². The summed E-state index contributed by atoms with van der Waals surface area (Å²) in [6, 6.07) is 6.52. The predicted octanol–water partition coefficient (Wildman–Crippen LogP) is 3.45. The van der Waals surface area contributed by atoms with Crippen LogP contribution in [0.1, 0.15) is 16.8 Å². The monoisotopic (exact) mass is 379 g/mol. The first kappa shape index (κ1) is 19.8. The third-order valence-electron chi connectivity index (χ3n) is 3.58. The Morgan fingerprint density at radius 2 is 1.92 bits per heavy atom. The fourth-order valence-electron chi connectivity index (χ4n) is 2.25. The molecule has 0 spiro atoms. The first-order valence-corrected chi connectivity index (χ1v) is 8.38.